The summed E-state index contributed by atoms with van der Waals surface area (Å²) < 4.78 is 0. The second-order valence-corrected chi connectivity index (χ2v) is 22.6. The zero-order chi connectivity index (χ0) is 47.1. The van der Waals surface area contributed by atoms with Crippen LogP contribution in [0.4, 0.5) is 0 Å². The van der Waals surface area contributed by atoms with E-state index in [1.54, 1.807) is 0 Å². The van der Waals surface area contributed by atoms with Crippen LogP contribution in [0.1, 0.15) is 156 Å². The van der Waals surface area contributed by atoms with Gasteiger partial charge in [-0.2, -0.15) is 0 Å². The largest absolute Gasteiger partial charge is 0.354 e. The summed E-state index contributed by atoms with van der Waals surface area (Å²) in [5.74, 6) is 0. The third-order valence-electron chi connectivity index (χ3n) is 13.2. The first kappa shape index (κ1) is 45.3. The average molecular weight is 857 g/mol. The molecule has 0 atom stereocenters. The van der Waals surface area contributed by atoms with Crippen molar-refractivity contribution < 1.29 is 0 Å². The zero-order valence-corrected chi connectivity index (χ0v) is 41.6. The highest BCUT2D eigenvalue weighted by Crippen LogP contribution is 2.43. The van der Waals surface area contributed by atoms with E-state index in [0.29, 0.717) is 0 Å². The minimum atomic E-state index is -0.0757. The van der Waals surface area contributed by atoms with Crippen molar-refractivity contribution in [3.63, 3.8) is 0 Å². The fraction of sp³-hybridized carbons (Fsp3) is 0.311. The van der Waals surface area contributed by atoms with Crippen molar-refractivity contribution in [2.75, 3.05) is 0 Å². The SMILES string of the molecule is C=Cc1cc2[nH]c1cc1[nH]c(cc1C=C)c(-c1cc(C(C)(C)C)cc(C(C)(C)C)c1)c1nc(c(-c3c(C)cc(C)cc3C)c3nc(c2-c2cc(C(C)(C)C)cc(C(C)(C)C)c2)C=C3)C=C1. The fourth-order valence-electron chi connectivity index (χ4n) is 9.37. The summed E-state index contributed by atoms with van der Waals surface area (Å²) in [4.78, 5) is 19.1. The van der Waals surface area contributed by atoms with E-state index in [2.05, 4.69) is 218 Å². The lowest BCUT2D eigenvalue weighted by Gasteiger charge is -2.26. The topological polar surface area (TPSA) is 57.4 Å². The number of aromatic amines is 2. The fourth-order valence-corrected chi connectivity index (χ4v) is 9.37. The van der Waals surface area contributed by atoms with Crippen LogP contribution in [0.15, 0.2) is 79.9 Å². The van der Waals surface area contributed by atoms with Crippen molar-refractivity contribution >= 4 is 58.5 Å². The molecule has 0 saturated heterocycles. The number of benzene rings is 3. The van der Waals surface area contributed by atoms with Gasteiger partial charge < -0.3 is 9.97 Å². The van der Waals surface area contributed by atoms with Gasteiger partial charge in [0.25, 0.3) is 0 Å². The molecule has 332 valence electrons. The Kier molecular flexibility index (Phi) is 11.2. The van der Waals surface area contributed by atoms with E-state index in [1.165, 1.54) is 38.9 Å². The summed E-state index contributed by atoms with van der Waals surface area (Å²) in [6.07, 6.45) is 12.7. The maximum atomic E-state index is 5.66. The molecule has 0 saturated carbocycles. The molecule has 8 bridgehead atoms. The van der Waals surface area contributed by atoms with E-state index in [9.17, 15) is 0 Å². The first-order valence-electron chi connectivity index (χ1n) is 23.2. The first-order chi connectivity index (χ1) is 30.3. The number of rotatable bonds is 5. The van der Waals surface area contributed by atoms with Crippen molar-refractivity contribution in [3.05, 3.63) is 153 Å². The predicted molar refractivity (Wildman–Crippen MR) is 284 cm³/mol. The highest BCUT2D eigenvalue weighted by atomic mass is 14.8. The molecule has 65 heavy (non-hydrogen) atoms. The van der Waals surface area contributed by atoms with Crippen molar-refractivity contribution in [2.24, 2.45) is 0 Å². The Bertz CT molecular complexity index is 2910. The Labute approximate surface area is 388 Å². The normalized spacial score (nSPS) is 13.2. The molecular weight excluding hydrogens is 789 g/mol. The van der Waals surface area contributed by atoms with Gasteiger partial charge in [-0.3, -0.25) is 0 Å². The van der Waals surface area contributed by atoms with E-state index in [0.717, 1.165) is 89.4 Å². The molecule has 5 heterocycles. The van der Waals surface area contributed by atoms with E-state index >= 15 is 0 Å². The number of nitrogens with zero attached hydrogens (tertiary/aromatic N) is 2. The maximum Gasteiger partial charge on any atom is 0.0738 e. The van der Waals surface area contributed by atoms with Crippen LogP contribution in [-0.2, 0) is 21.7 Å². The molecule has 0 fully saturated rings. The molecule has 0 amide bonds. The third-order valence-corrected chi connectivity index (χ3v) is 13.2. The molecule has 0 unspecified atom stereocenters. The molecule has 3 aromatic heterocycles. The lowest BCUT2D eigenvalue weighted by atomic mass is 9.78. The minimum Gasteiger partial charge on any atom is -0.354 e. The standard InChI is InChI=1S/C61H68N4/c1-18-38-30-52-55(40-26-42(58(6,7)8)32-43(27-40)59(9,10)11)46-20-22-48(62-46)57(54-36(4)24-35(3)25-37(54)5)49-23-21-47(63-49)56(53-31-39(19-2)51(65-53)34-50(38)64-52)41-28-44(60(12,13)14)33-45(29-41)61(15,16)17/h18-34,64-65H,1-2H2,3-17H3. The third kappa shape index (κ3) is 8.68. The van der Waals surface area contributed by atoms with Gasteiger partial charge in [0.1, 0.15) is 0 Å². The van der Waals surface area contributed by atoms with Crippen LogP contribution in [0.3, 0.4) is 0 Å². The summed E-state index contributed by atoms with van der Waals surface area (Å²) >= 11 is 0. The zero-order valence-electron chi connectivity index (χ0n) is 41.6. The van der Waals surface area contributed by atoms with Gasteiger partial charge in [-0.25, -0.2) is 9.97 Å². The lowest BCUT2D eigenvalue weighted by Crippen LogP contribution is -2.16. The van der Waals surface area contributed by atoms with Crippen LogP contribution in [-0.4, -0.2) is 19.9 Å². The average Bonchev–Trinajstić information content (AvgIpc) is 4.03. The van der Waals surface area contributed by atoms with Crippen LogP contribution in [0.25, 0.3) is 91.9 Å². The Morgan fingerprint density at radius 1 is 0.385 bits per heavy atom. The van der Waals surface area contributed by atoms with Crippen molar-refractivity contribution in [1.29, 1.82) is 0 Å². The highest BCUT2D eigenvalue weighted by molar-refractivity contribution is 5.99. The number of fused-ring (bicyclic) bond motifs is 8. The number of hydrogen-bond acceptors (Lipinski definition) is 2. The van der Waals surface area contributed by atoms with Gasteiger partial charge in [0.05, 0.1) is 22.8 Å². The minimum absolute atomic E-state index is 0.0757. The molecule has 0 radical (unpaired) electrons. The van der Waals surface area contributed by atoms with Crippen LogP contribution < -0.4 is 0 Å². The van der Waals surface area contributed by atoms with Gasteiger partial charge in [0.2, 0.25) is 0 Å². The van der Waals surface area contributed by atoms with Gasteiger partial charge in [-0.1, -0.05) is 162 Å². The predicted octanol–water partition coefficient (Wildman–Crippen LogP) is 17.1. The highest BCUT2D eigenvalue weighted by Gasteiger charge is 2.27. The first-order valence-corrected chi connectivity index (χ1v) is 23.2. The summed E-state index contributed by atoms with van der Waals surface area (Å²) in [6.45, 7) is 42.8. The summed E-state index contributed by atoms with van der Waals surface area (Å²) in [6, 6.07) is 25.4. The summed E-state index contributed by atoms with van der Waals surface area (Å²) in [5, 5.41) is 0. The van der Waals surface area contributed by atoms with E-state index in [1.807, 2.05) is 12.2 Å². The van der Waals surface area contributed by atoms with Crippen LogP contribution in [0, 0.1) is 20.8 Å². The molecule has 3 aromatic carbocycles. The monoisotopic (exact) mass is 857 g/mol. The number of aromatic nitrogens is 4. The Morgan fingerprint density at radius 3 is 1.02 bits per heavy atom. The Balaban J connectivity index is 1.62. The van der Waals surface area contributed by atoms with Crippen LogP contribution in [0.2, 0.25) is 0 Å². The van der Waals surface area contributed by atoms with E-state index in [4.69, 9.17) is 9.97 Å². The van der Waals surface area contributed by atoms with Crippen LogP contribution in [0.5, 0.6) is 0 Å². The molecule has 2 aliphatic heterocycles. The maximum absolute atomic E-state index is 5.66. The molecule has 6 aromatic rings. The molecule has 2 N–H and O–H groups in total. The van der Waals surface area contributed by atoms with Gasteiger partial charge in [0.15, 0.2) is 0 Å². The molecule has 0 aliphatic carbocycles. The number of hydrogen-bond donors (Lipinski definition) is 2. The smallest absolute Gasteiger partial charge is 0.0738 e. The second-order valence-electron chi connectivity index (χ2n) is 22.6. The van der Waals surface area contributed by atoms with E-state index < -0.39 is 0 Å². The lowest BCUT2D eigenvalue weighted by molar-refractivity contribution is 0.568. The molecular formula is C61H68N4. The Morgan fingerprint density at radius 2 is 0.708 bits per heavy atom. The van der Waals surface area contributed by atoms with E-state index in [-0.39, 0.29) is 21.7 Å². The summed E-state index contributed by atoms with van der Waals surface area (Å²) in [5.41, 5.74) is 24.3. The summed E-state index contributed by atoms with van der Waals surface area (Å²) in [7, 11) is 0. The molecule has 0 spiro atoms. The van der Waals surface area contributed by atoms with Crippen LogP contribution >= 0.6 is 0 Å². The number of nitrogens with one attached hydrogen (secondary N) is 2. The van der Waals surface area contributed by atoms with Gasteiger partial charge >= 0.3 is 0 Å². The van der Waals surface area contributed by atoms with Crippen molar-refractivity contribution in [3.8, 4) is 33.4 Å². The quantitative estimate of drug-likeness (QED) is 0.181. The molecule has 4 heteroatoms. The number of aryl methyl sites for hydroxylation is 3. The molecule has 2 aliphatic rings. The molecule has 4 nitrogen and oxygen atoms in total. The second kappa shape index (κ2) is 16.0. The Hall–Kier alpha value is -6.26. The van der Waals surface area contributed by atoms with Crippen molar-refractivity contribution in [2.45, 2.75) is 126 Å². The molecule has 8 rings (SSSR count). The number of H-pyrrole nitrogens is 2. The van der Waals surface area contributed by atoms with Gasteiger partial charge in [-0.15, -0.1) is 0 Å². The van der Waals surface area contributed by atoms with Gasteiger partial charge in [-0.05, 0) is 146 Å². The van der Waals surface area contributed by atoms with Gasteiger partial charge in [0, 0.05) is 38.8 Å². The van der Waals surface area contributed by atoms with Crippen molar-refractivity contribution in [1.82, 2.24) is 19.9 Å².